The number of ether oxygens (including phenoxy) is 1. The third-order valence-corrected chi connectivity index (χ3v) is 2.18. The fourth-order valence-corrected chi connectivity index (χ4v) is 1.45. The number of hydrogen-bond acceptors (Lipinski definition) is 3. The molecule has 0 radical (unpaired) electrons. The molecular formula is C12H17FN2O2. The number of nitrogens with one attached hydrogen (secondary N) is 1. The third-order valence-electron chi connectivity index (χ3n) is 2.18. The molecule has 1 amide bonds. The van der Waals surface area contributed by atoms with Crippen molar-refractivity contribution in [1.29, 1.82) is 0 Å². The van der Waals surface area contributed by atoms with Gasteiger partial charge in [0, 0.05) is 6.54 Å². The van der Waals surface area contributed by atoms with Crippen molar-refractivity contribution >= 4 is 5.91 Å². The van der Waals surface area contributed by atoms with Crippen molar-refractivity contribution < 1.29 is 13.9 Å². The molecule has 0 aliphatic carbocycles. The van der Waals surface area contributed by atoms with E-state index in [2.05, 4.69) is 5.32 Å². The van der Waals surface area contributed by atoms with Gasteiger partial charge in [0.05, 0.1) is 0 Å². The summed E-state index contributed by atoms with van der Waals surface area (Å²) in [6, 6.07) is 4.63. The SMILES string of the molecule is CCNC(=O)COc1c(F)cccc1CCN. The molecule has 0 saturated heterocycles. The van der Waals surface area contributed by atoms with E-state index in [1.165, 1.54) is 6.07 Å². The van der Waals surface area contributed by atoms with Crippen LogP contribution in [0.4, 0.5) is 4.39 Å². The van der Waals surface area contributed by atoms with Gasteiger partial charge in [-0.15, -0.1) is 0 Å². The Hall–Kier alpha value is -1.62. The Morgan fingerprint density at radius 2 is 2.29 bits per heavy atom. The molecule has 3 N–H and O–H groups in total. The molecule has 0 bridgehead atoms. The van der Waals surface area contributed by atoms with Gasteiger partial charge >= 0.3 is 0 Å². The molecule has 0 spiro atoms. The molecule has 0 aliphatic rings. The van der Waals surface area contributed by atoms with Crippen molar-refractivity contribution in [3.63, 3.8) is 0 Å². The fraction of sp³-hybridized carbons (Fsp3) is 0.417. The van der Waals surface area contributed by atoms with Crippen LogP contribution < -0.4 is 15.8 Å². The van der Waals surface area contributed by atoms with Gasteiger partial charge in [-0.3, -0.25) is 4.79 Å². The smallest absolute Gasteiger partial charge is 0.257 e. The molecule has 1 aromatic carbocycles. The van der Waals surface area contributed by atoms with E-state index in [0.29, 0.717) is 25.1 Å². The molecule has 17 heavy (non-hydrogen) atoms. The van der Waals surface area contributed by atoms with E-state index < -0.39 is 5.82 Å². The highest BCUT2D eigenvalue weighted by molar-refractivity contribution is 5.77. The number of amides is 1. The second-order valence-corrected chi connectivity index (χ2v) is 3.51. The van der Waals surface area contributed by atoms with Crippen LogP contribution in [0, 0.1) is 5.82 Å². The van der Waals surface area contributed by atoms with Crippen molar-refractivity contribution in [2.45, 2.75) is 13.3 Å². The summed E-state index contributed by atoms with van der Waals surface area (Å²) in [5, 5.41) is 2.58. The molecule has 0 fully saturated rings. The van der Waals surface area contributed by atoms with Gasteiger partial charge in [-0.25, -0.2) is 4.39 Å². The van der Waals surface area contributed by atoms with Crippen LogP contribution in [0.5, 0.6) is 5.75 Å². The van der Waals surface area contributed by atoms with Gasteiger partial charge in [0.2, 0.25) is 0 Å². The van der Waals surface area contributed by atoms with Crippen LogP contribution in [-0.2, 0) is 11.2 Å². The lowest BCUT2D eigenvalue weighted by Gasteiger charge is -2.11. The van der Waals surface area contributed by atoms with Crippen molar-refractivity contribution in [2.24, 2.45) is 5.73 Å². The molecule has 0 heterocycles. The van der Waals surface area contributed by atoms with E-state index in [1.807, 2.05) is 0 Å². The van der Waals surface area contributed by atoms with Crippen molar-refractivity contribution in [3.8, 4) is 5.75 Å². The first-order valence-corrected chi connectivity index (χ1v) is 5.56. The van der Waals surface area contributed by atoms with E-state index in [9.17, 15) is 9.18 Å². The number of para-hydroxylation sites is 1. The summed E-state index contributed by atoms with van der Waals surface area (Å²) < 4.78 is 18.7. The van der Waals surface area contributed by atoms with E-state index in [-0.39, 0.29) is 18.3 Å². The molecule has 4 nitrogen and oxygen atoms in total. The first-order valence-electron chi connectivity index (χ1n) is 5.56. The lowest BCUT2D eigenvalue weighted by Crippen LogP contribution is -2.28. The standard InChI is InChI=1S/C12H17FN2O2/c1-2-15-11(16)8-17-12-9(6-7-14)4-3-5-10(12)13/h3-5H,2,6-8,14H2,1H3,(H,15,16). The topological polar surface area (TPSA) is 64.3 Å². The zero-order chi connectivity index (χ0) is 12.7. The zero-order valence-corrected chi connectivity index (χ0v) is 9.83. The molecule has 5 heteroatoms. The average molecular weight is 240 g/mol. The summed E-state index contributed by atoms with van der Waals surface area (Å²) in [6.07, 6.45) is 0.516. The summed E-state index contributed by atoms with van der Waals surface area (Å²) in [4.78, 5) is 11.2. The monoisotopic (exact) mass is 240 g/mol. The molecule has 0 saturated carbocycles. The number of carbonyl (C=O) groups excluding carboxylic acids is 1. The van der Waals surface area contributed by atoms with Crippen molar-refractivity contribution in [3.05, 3.63) is 29.6 Å². The quantitative estimate of drug-likeness (QED) is 0.774. The summed E-state index contributed by atoms with van der Waals surface area (Å²) in [5.41, 5.74) is 6.10. The number of halogens is 1. The fourth-order valence-electron chi connectivity index (χ4n) is 1.45. The zero-order valence-electron chi connectivity index (χ0n) is 9.83. The molecule has 94 valence electrons. The molecule has 1 aromatic rings. The van der Waals surface area contributed by atoms with Gasteiger partial charge in [-0.1, -0.05) is 12.1 Å². The van der Waals surface area contributed by atoms with Crippen LogP contribution in [0.25, 0.3) is 0 Å². The van der Waals surface area contributed by atoms with E-state index in [1.54, 1.807) is 19.1 Å². The Balaban J connectivity index is 2.71. The van der Waals surface area contributed by atoms with Gasteiger partial charge in [-0.05, 0) is 31.5 Å². The normalized spacial score (nSPS) is 10.1. The molecule has 1 rings (SSSR count). The number of likely N-dealkylation sites (N-methyl/N-ethyl adjacent to an activating group) is 1. The molecule has 0 atom stereocenters. The van der Waals surface area contributed by atoms with Gasteiger partial charge in [0.25, 0.3) is 5.91 Å². The first kappa shape index (κ1) is 13.4. The van der Waals surface area contributed by atoms with Gasteiger partial charge < -0.3 is 15.8 Å². The maximum Gasteiger partial charge on any atom is 0.257 e. The summed E-state index contributed by atoms with van der Waals surface area (Å²) in [5.74, 6) is -0.626. The van der Waals surface area contributed by atoms with Crippen LogP contribution in [0.1, 0.15) is 12.5 Å². The van der Waals surface area contributed by atoms with Crippen LogP contribution in [0.15, 0.2) is 18.2 Å². The summed E-state index contributed by atoms with van der Waals surface area (Å²) in [6.45, 7) is 2.54. The van der Waals surface area contributed by atoms with Crippen LogP contribution in [0.2, 0.25) is 0 Å². The average Bonchev–Trinajstić information content (AvgIpc) is 2.29. The van der Waals surface area contributed by atoms with E-state index in [4.69, 9.17) is 10.5 Å². The lowest BCUT2D eigenvalue weighted by molar-refractivity contribution is -0.123. The molecule has 0 aromatic heterocycles. The second kappa shape index (κ2) is 6.85. The third kappa shape index (κ3) is 4.03. The van der Waals surface area contributed by atoms with E-state index >= 15 is 0 Å². The highest BCUT2D eigenvalue weighted by Crippen LogP contribution is 2.22. The van der Waals surface area contributed by atoms with Crippen LogP contribution in [0.3, 0.4) is 0 Å². The van der Waals surface area contributed by atoms with Gasteiger partial charge in [-0.2, -0.15) is 0 Å². The minimum absolute atomic E-state index is 0.115. The number of nitrogens with two attached hydrogens (primary N) is 1. The summed E-state index contributed by atoms with van der Waals surface area (Å²) >= 11 is 0. The van der Waals surface area contributed by atoms with Crippen LogP contribution >= 0.6 is 0 Å². The number of rotatable bonds is 6. The predicted molar refractivity (Wildman–Crippen MR) is 63.3 cm³/mol. The maximum atomic E-state index is 13.5. The number of benzene rings is 1. The largest absolute Gasteiger partial charge is 0.480 e. The Morgan fingerprint density at radius 3 is 2.94 bits per heavy atom. The highest BCUT2D eigenvalue weighted by atomic mass is 19.1. The van der Waals surface area contributed by atoms with Gasteiger partial charge in [0.1, 0.15) is 0 Å². The minimum atomic E-state index is -0.472. The minimum Gasteiger partial charge on any atom is -0.480 e. The summed E-state index contributed by atoms with van der Waals surface area (Å²) in [7, 11) is 0. The Kier molecular flexibility index (Phi) is 5.42. The first-order chi connectivity index (χ1) is 8.19. The molecular weight excluding hydrogens is 223 g/mol. The molecule has 0 aliphatic heterocycles. The van der Waals surface area contributed by atoms with Gasteiger partial charge in [0.15, 0.2) is 18.2 Å². The van der Waals surface area contributed by atoms with Crippen LogP contribution in [-0.4, -0.2) is 25.6 Å². The second-order valence-electron chi connectivity index (χ2n) is 3.51. The Morgan fingerprint density at radius 1 is 1.53 bits per heavy atom. The van der Waals surface area contributed by atoms with Crippen molar-refractivity contribution in [1.82, 2.24) is 5.32 Å². The number of hydrogen-bond donors (Lipinski definition) is 2. The predicted octanol–water partition coefficient (Wildman–Crippen LogP) is 0.842. The number of carbonyl (C=O) groups is 1. The highest BCUT2D eigenvalue weighted by Gasteiger charge is 2.10. The lowest BCUT2D eigenvalue weighted by atomic mass is 10.1. The van der Waals surface area contributed by atoms with E-state index in [0.717, 1.165) is 0 Å². The molecule has 0 unspecified atom stereocenters. The Bertz CT molecular complexity index is 383. The maximum absolute atomic E-state index is 13.5. The van der Waals surface area contributed by atoms with Crippen molar-refractivity contribution in [2.75, 3.05) is 19.7 Å². The Labute approximate surface area is 100.0 Å².